The molecule has 92 valence electrons. The van der Waals surface area contributed by atoms with Crippen molar-refractivity contribution in [1.82, 2.24) is 0 Å². The number of thioether (sulfide) groups is 1. The smallest absolute Gasteiger partial charge is 0.123 e. The number of hydrogen-bond acceptors (Lipinski definition) is 1. The monoisotopic (exact) mass is 278 g/mol. The van der Waals surface area contributed by atoms with Crippen molar-refractivity contribution in [2.75, 3.05) is 0 Å². The van der Waals surface area contributed by atoms with Gasteiger partial charge >= 0.3 is 0 Å². The lowest BCUT2D eigenvalue weighted by Gasteiger charge is -1.97. The molecule has 0 fully saturated rings. The highest BCUT2D eigenvalue weighted by Gasteiger charge is 1.93. The summed E-state index contributed by atoms with van der Waals surface area (Å²) in [6.07, 6.45) is 2.03. The minimum Gasteiger partial charge on any atom is -0.207 e. The van der Waals surface area contributed by atoms with Crippen molar-refractivity contribution in [3.05, 3.63) is 75.9 Å². The predicted molar refractivity (Wildman–Crippen MR) is 78.2 cm³/mol. The van der Waals surface area contributed by atoms with Crippen LogP contribution in [0.4, 0.5) is 4.39 Å². The Bertz CT molecular complexity index is 517. The van der Waals surface area contributed by atoms with Crippen LogP contribution in [0.1, 0.15) is 11.1 Å². The molecule has 0 unspecified atom stereocenters. The third kappa shape index (κ3) is 4.21. The SMILES string of the molecule is Fc1ccc(CS/C=C\c2ccc(Cl)cc2)cc1. The Kier molecular flexibility index (Phi) is 4.85. The summed E-state index contributed by atoms with van der Waals surface area (Å²) in [5, 5.41) is 2.78. The molecule has 0 nitrogen and oxygen atoms in total. The van der Waals surface area contributed by atoms with E-state index in [1.54, 1.807) is 23.9 Å². The molecule has 0 spiro atoms. The summed E-state index contributed by atoms with van der Waals surface area (Å²) in [5.41, 5.74) is 2.23. The maximum Gasteiger partial charge on any atom is 0.123 e. The van der Waals surface area contributed by atoms with Gasteiger partial charge in [-0.15, -0.1) is 11.8 Å². The van der Waals surface area contributed by atoms with Gasteiger partial charge in [0.15, 0.2) is 0 Å². The highest BCUT2D eigenvalue weighted by atomic mass is 35.5. The van der Waals surface area contributed by atoms with Crippen molar-refractivity contribution in [2.45, 2.75) is 5.75 Å². The van der Waals surface area contributed by atoms with Crippen LogP contribution in [0.5, 0.6) is 0 Å². The zero-order chi connectivity index (χ0) is 12.8. The van der Waals surface area contributed by atoms with Crippen LogP contribution >= 0.6 is 23.4 Å². The van der Waals surface area contributed by atoms with Crippen molar-refractivity contribution >= 4 is 29.4 Å². The molecular formula is C15H12ClFS. The first kappa shape index (κ1) is 13.2. The zero-order valence-electron chi connectivity index (χ0n) is 9.64. The summed E-state index contributed by atoms with van der Waals surface area (Å²) in [6.45, 7) is 0. The molecule has 18 heavy (non-hydrogen) atoms. The van der Waals surface area contributed by atoms with E-state index in [1.165, 1.54) is 12.1 Å². The molecule has 0 aliphatic rings. The molecule has 2 aromatic carbocycles. The van der Waals surface area contributed by atoms with Gasteiger partial charge in [-0.05, 0) is 46.9 Å². The van der Waals surface area contributed by atoms with Crippen LogP contribution in [0.2, 0.25) is 5.02 Å². The Labute approximate surface area is 115 Å². The fourth-order valence-electron chi connectivity index (χ4n) is 1.43. The Balaban J connectivity index is 1.84. The van der Waals surface area contributed by atoms with Gasteiger partial charge in [0.25, 0.3) is 0 Å². The first-order valence-corrected chi connectivity index (χ1v) is 6.95. The van der Waals surface area contributed by atoms with Crippen molar-refractivity contribution in [3.63, 3.8) is 0 Å². The number of hydrogen-bond donors (Lipinski definition) is 0. The lowest BCUT2D eigenvalue weighted by atomic mass is 10.2. The molecule has 0 atom stereocenters. The molecule has 0 saturated heterocycles. The van der Waals surface area contributed by atoms with Crippen molar-refractivity contribution in [3.8, 4) is 0 Å². The van der Waals surface area contributed by atoms with Crippen LogP contribution in [-0.2, 0) is 5.75 Å². The van der Waals surface area contributed by atoms with E-state index >= 15 is 0 Å². The summed E-state index contributed by atoms with van der Waals surface area (Å²) in [6, 6.07) is 14.3. The van der Waals surface area contributed by atoms with Crippen molar-refractivity contribution in [1.29, 1.82) is 0 Å². The molecule has 0 aliphatic heterocycles. The molecule has 0 N–H and O–H groups in total. The normalized spacial score (nSPS) is 11.0. The average molecular weight is 279 g/mol. The fraction of sp³-hybridized carbons (Fsp3) is 0.0667. The molecule has 0 radical (unpaired) electrons. The summed E-state index contributed by atoms with van der Waals surface area (Å²) in [4.78, 5) is 0. The first-order chi connectivity index (χ1) is 8.74. The molecule has 0 heterocycles. The van der Waals surface area contributed by atoms with E-state index in [-0.39, 0.29) is 5.82 Å². The molecule has 0 amide bonds. The van der Waals surface area contributed by atoms with E-state index < -0.39 is 0 Å². The van der Waals surface area contributed by atoms with Gasteiger partial charge in [-0.2, -0.15) is 0 Å². The zero-order valence-corrected chi connectivity index (χ0v) is 11.2. The third-order valence-electron chi connectivity index (χ3n) is 2.39. The van der Waals surface area contributed by atoms with Crippen molar-refractivity contribution < 1.29 is 4.39 Å². The van der Waals surface area contributed by atoms with Crippen LogP contribution < -0.4 is 0 Å². The first-order valence-electron chi connectivity index (χ1n) is 5.52. The molecule has 0 saturated carbocycles. The number of rotatable bonds is 4. The molecule has 2 rings (SSSR count). The Morgan fingerprint density at radius 2 is 1.67 bits per heavy atom. The van der Waals surface area contributed by atoms with E-state index in [2.05, 4.69) is 0 Å². The minimum absolute atomic E-state index is 0.194. The molecule has 0 aromatic heterocycles. The maximum atomic E-state index is 12.7. The number of halogens is 2. The highest BCUT2D eigenvalue weighted by molar-refractivity contribution is 8.01. The standard InChI is InChI=1S/C15H12ClFS/c16-14-5-1-12(2-6-14)9-10-18-11-13-3-7-15(17)8-4-13/h1-10H,11H2/b10-9-. The second-order valence-corrected chi connectivity index (χ2v) is 5.12. The maximum absolute atomic E-state index is 12.7. The third-order valence-corrected chi connectivity index (χ3v) is 3.47. The van der Waals surface area contributed by atoms with Crippen LogP contribution in [-0.4, -0.2) is 0 Å². The second kappa shape index (κ2) is 6.62. The summed E-state index contributed by atoms with van der Waals surface area (Å²) in [5.74, 6) is 0.644. The van der Waals surface area contributed by atoms with E-state index in [9.17, 15) is 4.39 Å². The largest absolute Gasteiger partial charge is 0.207 e. The van der Waals surface area contributed by atoms with Gasteiger partial charge in [-0.1, -0.05) is 35.9 Å². The minimum atomic E-state index is -0.194. The van der Waals surface area contributed by atoms with Crippen LogP contribution in [0.25, 0.3) is 6.08 Å². The van der Waals surface area contributed by atoms with Gasteiger partial charge in [0.1, 0.15) is 5.82 Å². The predicted octanol–water partition coefficient (Wildman–Crippen LogP) is 5.38. The van der Waals surface area contributed by atoms with Gasteiger partial charge in [0.2, 0.25) is 0 Å². The quantitative estimate of drug-likeness (QED) is 0.723. The van der Waals surface area contributed by atoms with Crippen LogP contribution in [0.15, 0.2) is 53.9 Å². The molecule has 2 aromatic rings. The Morgan fingerprint density at radius 1 is 1.00 bits per heavy atom. The summed E-state index contributed by atoms with van der Waals surface area (Å²) < 4.78 is 12.7. The van der Waals surface area contributed by atoms with Crippen LogP contribution in [0.3, 0.4) is 0 Å². The van der Waals surface area contributed by atoms with Gasteiger partial charge < -0.3 is 0 Å². The van der Waals surface area contributed by atoms with E-state index in [1.807, 2.05) is 35.7 Å². The average Bonchev–Trinajstić information content (AvgIpc) is 2.39. The van der Waals surface area contributed by atoms with Crippen LogP contribution in [0, 0.1) is 5.82 Å². The Hall–Kier alpha value is -1.25. The van der Waals surface area contributed by atoms with E-state index in [0.29, 0.717) is 0 Å². The van der Waals surface area contributed by atoms with Gasteiger partial charge in [-0.3, -0.25) is 0 Å². The second-order valence-electron chi connectivity index (χ2n) is 3.79. The molecular weight excluding hydrogens is 267 g/mol. The van der Waals surface area contributed by atoms with E-state index in [0.717, 1.165) is 21.9 Å². The van der Waals surface area contributed by atoms with Gasteiger partial charge in [-0.25, -0.2) is 4.39 Å². The summed E-state index contributed by atoms with van der Waals surface area (Å²) in [7, 11) is 0. The topological polar surface area (TPSA) is 0 Å². The molecule has 0 bridgehead atoms. The Morgan fingerprint density at radius 3 is 2.33 bits per heavy atom. The lowest BCUT2D eigenvalue weighted by Crippen LogP contribution is -1.79. The van der Waals surface area contributed by atoms with Crippen molar-refractivity contribution in [2.24, 2.45) is 0 Å². The highest BCUT2D eigenvalue weighted by Crippen LogP contribution is 2.16. The summed E-state index contributed by atoms with van der Waals surface area (Å²) >= 11 is 7.48. The van der Waals surface area contributed by atoms with Gasteiger partial charge in [0.05, 0.1) is 0 Å². The van der Waals surface area contributed by atoms with E-state index in [4.69, 9.17) is 11.6 Å². The number of benzene rings is 2. The lowest BCUT2D eigenvalue weighted by molar-refractivity contribution is 0.627. The fourth-order valence-corrected chi connectivity index (χ4v) is 2.29. The molecule has 0 aliphatic carbocycles. The molecule has 3 heteroatoms. The van der Waals surface area contributed by atoms with Gasteiger partial charge in [0, 0.05) is 10.8 Å².